The molecule has 5 nitrogen and oxygen atoms in total. The number of aromatic nitrogens is 3. The van der Waals surface area contributed by atoms with Crippen molar-refractivity contribution in [3.63, 3.8) is 0 Å². The lowest BCUT2D eigenvalue weighted by Crippen LogP contribution is -2.57. The molecule has 0 atom stereocenters. The van der Waals surface area contributed by atoms with Crippen LogP contribution in [0, 0.1) is 0 Å². The maximum atomic E-state index is 4.72. The second kappa shape index (κ2) is 5.30. The van der Waals surface area contributed by atoms with Gasteiger partial charge in [0.25, 0.3) is 0 Å². The van der Waals surface area contributed by atoms with Crippen molar-refractivity contribution in [1.29, 1.82) is 0 Å². The Labute approximate surface area is 126 Å². The van der Waals surface area contributed by atoms with Crippen LogP contribution in [0.25, 0.3) is 5.52 Å². The van der Waals surface area contributed by atoms with Crippen LogP contribution in [0.3, 0.4) is 0 Å². The quantitative estimate of drug-likeness (QED) is 0.936. The van der Waals surface area contributed by atoms with Gasteiger partial charge < -0.3 is 10.2 Å². The fourth-order valence-corrected chi connectivity index (χ4v) is 2.69. The summed E-state index contributed by atoms with van der Waals surface area (Å²) in [6.45, 7) is 11.9. The predicted octanol–water partition coefficient (Wildman–Crippen LogP) is 2.21. The first-order valence-corrected chi connectivity index (χ1v) is 7.83. The van der Waals surface area contributed by atoms with Crippen molar-refractivity contribution in [3.05, 3.63) is 24.2 Å². The number of hydrogen-bond donors (Lipinski definition) is 1. The maximum absolute atomic E-state index is 4.72. The van der Waals surface area contributed by atoms with Gasteiger partial charge >= 0.3 is 0 Å². The number of anilines is 1. The van der Waals surface area contributed by atoms with Crippen LogP contribution < -0.4 is 10.2 Å². The molecule has 3 rings (SSSR count). The Morgan fingerprint density at radius 3 is 2.71 bits per heavy atom. The van der Waals surface area contributed by atoms with Crippen LogP contribution in [0.15, 0.2) is 18.5 Å². The SMILES string of the molecule is CCCN(c1nccn2nc(C(C)(C)C)cc12)C1CNC1. The zero-order valence-corrected chi connectivity index (χ0v) is 13.4. The zero-order chi connectivity index (χ0) is 15.0. The second-order valence-corrected chi connectivity index (χ2v) is 6.87. The summed E-state index contributed by atoms with van der Waals surface area (Å²) in [7, 11) is 0. The van der Waals surface area contributed by atoms with Crippen molar-refractivity contribution in [3.8, 4) is 0 Å². The minimum atomic E-state index is 0.0525. The molecule has 0 amide bonds. The summed E-state index contributed by atoms with van der Waals surface area (Å²) in [6, 6.07) is 2.74. The van der Waals surface area contributed by atoms with Crippen molar-refractivity contribution in [2.24, 2.45) is 0 Å². The second-order valence-electron chi connectivity index (χ2n) is 6.87. The molecule has 2 aromatic heterocycles. The van der Waals surface area contributed by atoms with Crippen LogP contribution in [-0.4, -0.2) is 40.3 Å². The molecule has 0 aliphatic carbocycles. The monoisotopic (exact) mass is 287 g/mol. The molecule has 0 aromatic carbocycles. The van der Waals surface area contributed by atoms with E-state index in [1.54, 1.807) is 0 Å². The Kier molecular flexibility index (Phi) is 3.61. The molecule has 0 radical (unpaired) electrons. The summed E-state index contributed by atoms with van der Waals surface area (Å²) >= 11 is 0. The third-order valence-corrected chi connectivity index (χ3v) is 4.08. The minimum absolute atomic E-state index is 0.0525. The van der Waals surface area contributed by atoms with Crippen molar-refractivity contribution in [2.45, 2.75) is 45.6 Å². The van der Waals surface area contributed by atoms with E-state index in [1.807, 2.05) is 16.9 Å². The number of nitrogens with zero attached hydrogens (tertiary/aromatic N) is 4. The standard InChI is InChI=1S/C16H25N5/c1-5-7-20(12-10-17-11-12)15-13-9-14(16(2,3)4)19-21(13)8-6-18-15/h6,8-9,12,17H,5,7,10-11H2,1-4H3. The largest absolute Gasteiger partial charge is 0.349 e. The third-order valence-electron chi connectivity index (χ3n) is 4.08. The van der Waals surface area contributed by atoms with E-state index < -0.39 is 0 Å². The van der Waals surface area contributed by atoms with Gasteiger partial charge in [-0.2, -0.15) is 5.10 Å². The van der Waals surface area contributed by atoms with E-state index in [9.17, 15) is 0 Å². The first-order valence-electron chi connectivity index (χ1n) is 7.83. The highest BCUT2D eigenvalue weighted by Gasteiger charge is 2.27. The Hall–Kier alpha value is -1.62. The number of nitrogens with one attached hydrogen (secondary N) is 1. The number of rotatable bonds is 4. The Bertz CT molecular complexity index is 621. The molecule has 0 bridgehead atoms. The third kappa shape index (κ3) is 2.62. The smallest absolute Gasteiger partial charge is 0.155 e. The molecule has 1 saturated heterocycles. The highest BCUT2D eigenvalue weighted by molar-refractivity contribution is 5.70. The van der Waals surface area contributed by atoms with Crippen LogP contribution >= 0.6 is 0 Å². The molecule has 1 fully saturated rings. The number of fused-ring (bicyclic) bond motifs is 1. The van der Waals surface area contributed by atoms with Gasteiger partial charge in [-0.1, -0.05) is 27.7 Å². The van der Waals surface area contributed by atoms with E-state index in [0.29, 0.717) is 6.04 Å². The van der Waals surface area contributed by atoms with Gasteiger partial charge in [-0.25, -0.2) is 9.50 Å². The van der Waals surface area contributed by atoms with Gasteiger partial charge in [0, 0.05) is 37.4 Å². The topological polar surface area (TPSA) is 45.5 Å². The summed E-state index contributed by atoms with van der Waals surface area (Å²) in [6.07, 6.45) is 4.92. The van der Waals surface area contributed by atoms with Crippen LogP contribution in [0.2, 0.25) is 0 Å². The molecule has 5 heteroatoms. The Morgan fingerprint density at radius 1 is 1.38 bits per heavy atom. The molecule has 0 spiro atoms. The zero-order valence-electron chi connectivity index (χ0n) is 13.4. The van der Waals surface area contributed by atoms with Crippen LogP contribution in [0.4, 0.5) is 5.82 Å². The predicted molar refractivity (Wildman–Crippen MR) is 86.0 cm³/mol. The lowest BCUT2D eigenvalue weighted by Gasteiger charge is -2.39. The molecule has 1 aliphatic rings. The highest BCUT2D eigenvalue weighted by Crippen LogP contribution is 2.27. The molecule has 3 heterocycles. The van der Waals surface area contributed by atoms with E-state index >= 15 is 0 Å². The Balaban J connectivity index is 2.06. The maximum Gasteiger partial charge on any atom is 0.155 e. The van der Waals surface area contributed by atoms with Crippen molar-refractivity contribution in [1.82, 2.24) is 19.9 Å². The van der Waals surface area contributed by atoms with E-state index in [0.717, 1.165) is 43.1 Å². The van der Waals surface area contributed by atoms with Crippen LogP contribution in [0.5, 0.6) is 0 Å². The summed E-state index contributed by atoms with van der Waals surface area (Å²) in [5.74, 6) is 1.06. The van der Waals surface area contributed by atoms with Gasteiger partial charge in [0.1, 0.15) is 5.52 Å². The first kappa shape index (κ1) is 14.3. The fourth-order valence-electron chi connectivity index (χ4n) is 2.69. The van der Waals surface area contributed by atoms with Gasteiger partial charge in [-0.3, -0.25) is 0 Å². The van der Waals surface area contributed by atoms with Gasteiger partial charge in [-0.15, -0.1) is 0 Å². The van der Waals surface area contributed by atoms with Crippen molar-refractivity contribution >= 4 is 11.3 Å². The fraction of sp³-hybridized carbons (Fsp3) is 0.625. The minimum Gasteiger partial charge on any atom is -0.349 e. The normalized spacial score (nSPS) is 16.2. The molecule has 2 aromatic rings. The molecule has 1 aliphatic heterocycles. The Morgan fingerprint density at radius 2 is 2.14 bits per heavy atom. The van der Waals surface area contributed by atoms with Gasteiger partial charge in [0.15, 0.2) is 5.82 Å². The van der Waals surface area contributed by atoms with Gasteiger partial charge in [-0.05, 0) is 12.5 Å². The first-order chi connectivity index (χ1) is 10.0. The lowest BCUT2D eigenvalue weighted by atomic mass is 9.92. The van der Waals surface area contributed by atoms with Gasteiger partial charge in [0.2, 0.25) is 0 Å². The summed E-state index contributed by atoms with van der Waals surface area (Å²) in [5, 5.41) is 8.08. The molecular weight excluding hydrogens is 262 g/mol. The number of hydrogen-bond acceptors (Lipinski definition) is 4. The van der Waals surface area contributed by atoms with E-state index in [-0.39, 0.29) is 5.41 Å². The molecule has 114 valence electrons. The van der Waals surface area contributed by atoms with Crippen molar-refractivity contribution < 1.29 is 0 Å². The van der Waals surface area contributed by atoms with Crippen LogP contribution in [-0.2, 0) is 5.41 Å². The molecule has 0 unspecified atom stereocenters. The van der Waals surface area contributed by atoms with Gasteiger partial charge in [0.05, 0.1) is 11.7 Å². The average Bonchev–Trinajstić information content (AvgIpc) is 2.79. The lowest BCUT2D eigenvalue weighted by molar-refractivity contribution is 0.411. The summed E-state index contributed by atoms with van der Waals surface area (Å²) < 4.78 is 1.97. The van der Waals surface area contributed by atoms with E-state index in [2.05, 4.69) is 49.0 Å². The summed E-state index contributed by atoms with van der Waals surface area (Å²) in [4.78, 5) is 7.09. The van der Waals surface area contributed by atoms with Crippen molar-refractivity contribution in [2.75, 3.05) is 24.5 Å². The molecule has 0 saturated carbocycles. The highest BCUT2D eigenvalue weighted by atomic mass is 15.3. The van der Waals surface area contributed by atoms with Crippen LogP contribution in [0.1, 0.15) is 39.8 Å². The molecule has 21 heavy (non-hydrogen) atoms. The average molecular weight is 287 g/mol. The summed E-state index contributed by atoms with van der Waals surface area (Å²) in [5.41, 5.74) is 2.28. The molecular formula is C16H25N5. The molecule has 1 N–H and O–H groups in total. The van der Waals surface area contributed by atoms with E-state index in [4.69, 9.17) is 5.10 Å². The van der Waals surface area contributed by atoms with E-state index in [1.165, 1.54) is 0 Å².